The molecule has 0 atom stereocenters. The van der Waals surface area contributed by atoms with Crippen LogP contribution in [0.2, 0.25) is 0 Å². The molecule has 1 aromatic carbocycles. The van der Waals surface area contributed by atoms with Gasteiger partial charge in [0.15, 0.2) is 0 Å². The normalized spacial score (nSPS) is 10.6. The minimum Gasteiger partial charge on any atom is -0.360 e. The molecule has 0 aliphatic heterocycles. The molecule has 2 heterocycles. The Kier molecular flexibility index (Phi) is 3.65. The molecule has 22 heavy (non-hydrogen) atoms. The number of fused-ring (bicyclic) bond motifs is 1. The Morgan fingerprint density at radius 2 is 2.09 bits per heavy atom. The van der Waals surface area contributed by atoms with Crippen molar-refractivity contribution in [3.05, 3.63) is 65.9 Å². The Bertz CT molecular complexity index is 843. The lowest BCUT2D eigenvalue weighted by Crippen LogP contribution is -2.30. The van der Waals surface area contributed by atoms with Crippen molar-refractivity contribution >= 4 is 22.6 Å². The van der Waals surface area contributed by atoms with Crippen LogP contribution in [0.15, 0.2) is 48.8 Å². The van der Waals surface area contributed by atoms with Crippen LogP contribution in [0.1, 0.15) is 16.1 Å². The van der Waals surface area contributed by atoms with Gasteiger partial charge in [-0.15, -0.1) is 0 Å². The van der Waals surface area contributed by atoms with Crippen molar-refractivity contribution in [3.63, 3.8) is 0 Å². The van der Waals surface area contributed by atoms with Gasteiger partial charge in [0.2, 0.25) is 0 Å². The summed E-state index contributed by atoms with van der Waals surface area (Å²) < 4.78 is 13.3. The quantitative estimate of drug-likeness (QED) is 0.572. The number of halogens is 1. The van der Waals surface area contributed by atoms with Gasteiger partial charge in [0.05, 0.1) is 17.8 Å². The summed E-state index contributed by atoms with van der Waals surface area (Å²) in [5, 5.41) is 2.89. The van der Waals surface area contributed by atoms with Crippen molar-refractivity contribution in [2.75, 3.05) is 0 Å². The number of carbonyl (C=O) groups is 2. The van der Waals surface area contributed by atoms with Crippen LogP contribution in [0.3, 0.4) is 0 Å². The number of aromatic amines is 1. The fourth-order valence-electron chi connectivity index (χ4n) is 2.16. The van der Waals surface area contributed by atoms with Gasteiger partial charge in [-0.05, 0) is 30.3 Å². The van der Waals surface area contributed by atoms with Crippen molar-refractivity contribution < 1.29 is 14.0 Å². The Balaban J connectivity index is 1.77. The number of rotatable bonds is 4. The highest BCUT2D eigenvalue weighted by atomic mass is 19.1. The molecule has 0 saturated carbocycles. The van der Waals surface area contributed by atoms with E-state index < -0.39 is 17.5 Å². The van der Waals surface area contributed by atoms with E-state index in [0.29, 0.717) is 16.6 Å². The molecular weight excluding hydrogens is 285 g/mol. The standard InChI is InChI=1S/C16H12FN3O2/c17-10-4-5-14-12(7-10)13(9-19-14)15(21)16(22)20-8-11-3-1-2-6-18-11/h1-7,9,19H,8H2,(H,20,22). The number of hydrogen-bond acceptors (Lipinski definition) is 3. The number of hydrogen-bond donors (Lipinski definition) is 2. The first-order chi connectivity index (χ1) is 10.6. The Hall–Kier alpha value is -3.02. The number of Topliss-reactive ketones (excluding diaryl/α,β-unsaturated/α-hetero) is 1. The first-order valence-corrected chi connectivity index (χ1v) is 6.64. The molecule has 0 radical (unpaired) electrons. The third kappa shape index (κ3) is 2.71. The van der Waals surface area contributed by atoms with Crippen molar-refractivity contribution in [1.82, 2.24) is 15.3 Å². The number of H-pyrrole nitrogens is 1. The number of amides is 1. The molecule has 0 aliphatic carbocycles. The summed E-state index contributed by atoms with van der Waals surface area (Å²) in [4.78, 5) is 31.0. The summed E-state index contributed by atoms with van der Waals surface area (Å²) in [6, 6.07) is 9.33. The second kappa shape index (κ2) is 5.77. The van der Waals surface area contributed by atoms with Crippen molar-refractivity contribution in [3.8, 4) is 0 Å². The molecule has 0 spiro atoms. The van der Waals surface area contributed by atoms with Crippen molar-refractivity contribution in [2.45, 2.75) is 6.54 Å². The molecular formula is C16H12FN3O2. The summed E-state index contributed by atoms with van der Waals surface area (Å²) in [6.45, 7) is 0.155. The number of ketones is 1. The molecule has 0 saturated heterocycles. The molecule has 0 bridgehead atoms. The second-order valence-electron chi connectivity index (χ2n) is 4.73. The van der Waals surface area contributed by atoms with Gasteiger partial charge in [-0.1, -0.05) is 6.07 Å². The Morgan fingerprint density at radius 3 is 2.86 bits per heavy atom. The van der Waals surface area contributed by atoms with Crippen LogP contribution in [0.5, 0.6) is 0 Å². The van der Waals surface area contributed by atoms with Crippen LogP contribution in [0.25, 0.3) is 10.9 Å². The van der Waals surface area contributed by atoms with Crippen LogP contribution < -0.4 is 5.32 Å². The summed E-state index contributed by atoms with van der Waals surface area (Å²) in [6.07, 6.45) is 3.01. The molecule has 0 unspecified atom stereocenters. The predicted molar refractivity (Wildman–Crippen MR) is 78.7 cm³/mol. The Labute approximate surface area is 125 Å². The third-order valence-corrected chi connectivity index (χ3v) is 3.25. The maximum Gasteiger partial charge on any atom is 0.292 e. The molecule has 2 aromatic heterocycles. The lowest BCUT2D eigenvalue weighted by Gasteiger charge is -2.03. The average Bonchev–Trinajstić information content (AvgIpc) is 2.95. The van der Waals surface area contributed by atoms with Gasteiger partial charge in [0.25, 0.3) is 11.7 Å². The highest BCUT2D eigenvalue weighted by Gasteiger charge is 2.20. The SMILES string of the molecule is O=C(NCc1ccccn1)C(=O)c1c[nH]c2ccc(F)cc12. The molecule has 1 amide bonds. The molecule has 0 aliphatic rings. The predicted octanol–water partition coefficient (Wildman–Crippen LogP) is 2.20. The zero-order chi connectivity index (χ0) is 15.5. The molecule has 110 valence electrons. The van der Waals surface area contributed by atoms with Crippen LogP contribution >= 0.6 is 0 Å². The van der Waals surface area contributed by atoms with Gasteiger partial charge >= 0.3 is 0 Å². The average molecular weight is 297 g/mol. The van der Waals surface area contributed by atoms with Crippen LogP contribution in [-0.4, -0.2) is 21.7 Å². The number of benzene rings is 1. The van der Waals surface area contributed by atoms with Crippen molar-refractivity contribution in [2.24, 2.45) is 0 Å². The van der Waals surface area contributed by atoms with Gasteiger partial charge in [-0.2, -0.15) is 0 Å². The van der Waals surface area contributed by atoms with E-state index in [9.17, 15) is 14.0 Å². The van der Waals surface area contributed by atoms with E-state index in [4.69, 9.17) is 0 Å². The second-order valence-corrected chi connectivity index (χ2v) is 4.73. The minimum atomic E-state index is -0.754. The summed E-state index contributed by atoms with van der Waals surface area (Å²) in [7, 11) is 0. The van der Waals surface area contributed by atoms with E-state index in [2.05, 4.69) is 15.3 Å². The molecule has 5 nitrogen and oxygen atoms in total. The maximum atomic E-state index is 13.3. The van der Waals surface area contributed by atoms with E-state index in [-0.39, 0.29) is 12.1 Å². The number of nitrogens with zero attached hydrogens (tertiary/aromatic N) is 1. The van der Waals surface area contributed by atoms with E-state index in [1.807, 2.05) is 0 Å². The number of carbonyl (C=O) groups excluding carboxylic acids is 2. The fourth-order valence-corrected chi connectivity index (χ4v) is 2.16. The lowest BCUT2D eigenvalue weighted by atomic mass is 10.1. The largest absolute Gasteiger partial charge is 0.360 e. The minimum absolute atomic E-state index is 0.146. The van der Waals surface area contributed by atoms with Gasteiger partial charge in [0.1, 0.15) is 5.82 Å². The van der Waals surface area contributed by atoms with E-state index >= 15 is 0 Å². The van der Waals surface area contributed by atoms with Gasteiger partial charge < -0.3 is 10.3 Å². The van der Waals surface area contributed by atoms with Gasteiger partial charge in [-0.25, -0.2) is 4.39 Å². The highest BCUT2D eigenvalue weighted by molar-refractivity contribution is 6.44. The van der Waals surface area contributed by atoms with E-state index in [0.717, 1.165) is 0 Å². The summed E-state index contributed by atoms with van der Waals surface area (Å²) in [5.41, 5.74) is 1.39. The van der Waals surface area contributed by atoms with Gasteiger partial charge in [0, 0.05) is 23.3 Å². The zero-order valence-corrected chi connectivity index (χ0v) is 11.5. The van der Waals surface area contributed by atoms with Gasteiger partial charge in [-0.3, -0.25) is 14.6 Å². The van der Waals surface area contributed by atoms with Crippen molar-refractivity contribution in [1.29, 1.82) is 0 Å². The van der Waals surface area contributed by atoms with E-state index in [1.54, 1.807) is 24.4 Å². The number of aromatic nitrogens is 2. The number of nitrogens with one attached hydrogen (secondary N) is 2. The van der Waals surface area contributed by atoms with Crippen LogP contribution in [-0.2, 0) is 11.3 Å². The highest BCUT2D eigenvalue weighted by Crippen LogP contribution is 2.19. The maximum absolute atomic E-state index is 13.3. The third-order valence-electron chi connectivity index (χ3n) is 3.25. The molecule has 6 heteroatoms. The smallest absolute Gasteiger partial charge is 0.292 e. The first kappa shape index (κ1) is 13.9. The monoisotopic (exact) mass is 297 g/mol. The molecule has 3 aromatic rings. The van der Waals surface area contributed by atoms with E-state index in [1.165, 1.54) is 24.4 Å². The lowest BCUT2D eigenvalue weighted by molar-refractivity contribution is -0.117. The molecule has 3 rings (SSSR count). The van der Waals surface area contributed by atoms with Crippen LogP contribution in [0, 0.1) is 5.82 Å². The van der Waals surface area contributed by atoms with Crippen LogP contribution in [0.4, 0.5) is 4.39 Å². The first-order valence-electron chi connectivity index (χ1n) is 6.64. The topological polar surface area (TPSA) is 74.8 Å². The number of pyridine rings is 1. The fraction of sp³-hybridized carbons (Fsp3) is 0.0625. The molecule has 2 N–H and O–H groups in total. The summed E-state index contributed by atoms with van der Waals surface area (Å²) in [5.74, 6) is -1.93. The Morgan fingerprint density at radius 1 is 1.23 bits per heavy atom. The molecule has 0 fully saturated rings. The zero-order valence-electron chi connectivity index (χ0n) is 11.5. The summed E-state index contributed by atoms with van der Waals surface area (Å²) >= 11 is 0.